The largest absolute Gasteiger partial charge is 0.378 e. The van der Waals surface area contributed by atoms with Gasteiger partial charge in [-0.3, -0.25) is 10.1 Å². The van der Waals surface area contributed by atoms with Gasteiger partial charge in [0.25, 0.3) is 0 Å². The summed E-state index contributed by atoms with van der Waals surface area (Å²) in [5, 5.41) is 3.34. The van der Waals surface area contributed by atoms with Gasteiger partial charge >= 0.3 is 0 Å². The van der Waals surface area contributed by atoms with Crippen molar-refractivity contribution in [2.75, 3.05) is 19.8 Å². The molecule has 1 aromatic carbocycles. The van der Waals surface area contributed by atoms with Crippen LogP contribution in [0, 0.1) is 0 Å². The van der Waals surface area contributed by atoms with E-state index in [0.717, 1.165) is 45.3 Å². The van der Waals surface area contributed by atoms with Crippen LogP contribution < -0.4 is 5.32 Å². The van der Waals surface area contributed by atoms with E-state index in [1.54, 1.807) is 0 Å². The third-order valence-electron chi connectivity index (χ3n) is 4.45. The van der Waals surface area contributed by atoms with Gasteiger partial charge in [-0.2, -0.15) is 0 Å². The van der Waals surface area contributed by atoms with Crippen LogP contribution in [-0.4, -0.2) is 42.8 Å². The van der Waals surface area contributed by atoms with Gasteiger partial charge < -0.3 is 9.64 Å². The van der Waals surface area contributed by atoms with Gasteiger partial charge in [0.1, 0.15) is 0 Å². The number of aryl methyl sites for hydroxylation is 1. The summed E-state index contributed by atoms with van der Waals surface area (Å²) in [4.78, 5) is 14.3. The molecular weight excluding hydrogens is 264 g/mol. The minimum Gasteiger partial charge on any atom is -0.378 e. The molecule has 0 radical (unpaired) electrons. The minimum atomic E-state index is -0.0188. The van der Waals surface area contributed by atoms with E-state index >= 15 is 0 Å². The zero-order valence-electron chi connectivity index (χ0n) is 12.5. The highest BCUT2D eigenvalue weighted by Gasteiger charge is 2.31. The molecule has 2 fully saturated rings. The van der Waals surface area contributed by atoms with Gasteiger partial charge in [-0.05, 0) is 37.7 Å². The summed E-state index contributed by atoms with van der Waals surface area (Å²) >= 11 is 0. The van der Waals surface area contributed by atoms with E-state index < -0.39 is 0 Å². The molecule has 0 saturated carbocycles. The molecule has 0 bridgehead atoms. The van der Waals surface area contributed by atoms with E-state index in [2.05, 4.69) is 17.4 Å². The van der Waals surface area contributed by atoms with Crippen molar-refractivity contribution in [2.45, 2.75) is 44.2 Å². The first-order chi connectivity index (χ1) is 10.3. The summed E-state index contributed by atoms with van der Waals surface area (Å²) in [6, 6.07) is 10.3. The molecule has 2 unspecified atom stereocenters. The van der Waals surface area contributed by atoms with Gasteiger partial charge in [-0.1, -0.05) is 30.3 Å². The second-order valence-electron chi connectivity index (χ2n) is 5.96. The second kappa shape index (κ2) is 7.05. The van der Waals surface area contributed by atoms with Crippen LogP contribution in [0.5, 0.6) is 0 Å². The summed E-state index contributed by atoms with van der Waals surface area (Å²) in [6.07, 6.45) is 5.46. The molecule has 2 atom stereocenters. The first-order valence-corrected chi connectivity index (χ1v) is 8.00. The van der Waals surface area contributed by atoms with Gasteiger partial charge in [0.2, 0.25) is 5.91 Å². The van der Waals surface area contributed by atoms with E-state index in [-0.39, 0.29) is 11.9 Å². The summed E-state index contributed by atoms with van der Waals surface area (Å²) < 4.78 is 5.62. The number of carbonyl (C=O) groups is 1. The fourth-order valence-corrected chi connectivity index (χ4v) is 3.15. The second-order valence-corrected chi connectivity index (χ2v) is 5.96. The molecule has 4 nitrogen and oxygen atoms in total. The Hall–Kier alpha value is -1.39. The lowest BCUT2D eigenvalue weighted by Gasteiger charge is -2.17. The Balaban J connectivity index is 1.42. The first kappa shape index (κ1) is 14.5. The highest BCUT2D eigenvalue weighted by Crippen LogP contribution is 2.17. The number of hydrogen-bond acceptors (Lipinski definition) is 3. The molecule has 2 aliphatic rings. The monoisotopic (exact) mass is 288 g/mol. The van der Waals surface area contributed by atoms with Crippen molar-refractivity contribution in [2.24, 2.45) is 0 Å². The number of hydrogen-bond donors (Lipinski definition) is 1. The Morgan fingerprint density at radius 1 is 1.24 bits per heavy atom. The highest BCUT2D eigenvalue weighted by molar-refractivity contribution is 5.83. The standard InChI is InChI=1S/C17H24N2O2/c20-17-16(9-8-14-5-2-1-3-6-14)18-13-19(17)11-10-15-7-4-12-21-15/h1-3,5-6,15-16,18H,4,7-13H2. The quantitative estimate of drug-likeness (QED) is 0.870. The van der Waals surface area contributed by atoms with Crippen molar-refractivity contribution >= 4 is 5.91 Å². The zero-order chi connectivity index (χ0) is 14.5. The van der Waals surface area contributed by atoms with Crippen molar-refractivity contribution in [3.63, 3.8) is 0 Å². The van der Waals surface area contributed by atoms with Gasteiger partial charge in [0, 0.05) is 13.2 Å². The van der Waals surface area contributed by atoms with Crippen molar-refractivity contribution in [3.8, 4) is 0 Å². The van der Waals surface area contributed by atoms with Crippen LogP contribution in [0.25, 0.3) is 0 Å². The third kappa shape index (κ3) is 3.83. The van der Waals surface area contributed by atoms with Crippen molar-refractivity contribution in [3.05, 3.63) is 35.9 Å². The molecule has 0 aromatic heterocycles. The Bertz CT molecular complexity index is 457. The molecule has 1 amide bonds. The molecule has 2 heterocycles. The summed E-state index contributed by atoms with van der Waals surface area (Å²) in [5.74, 6) is 0.254. The number of rotatable bonds is 6. The summed E-state index contributed by atoms with van der Waals surface area (Å²) in [7, 11) is 0. The normalized spacial score (nSPS) is 25.7. The topological polar surface area (TPSA) is 41.6 Å². The number of carbonyl (C=O) groups excluding carboxylic acids is 1. The van der Waals surface area contributed by atoms with Crippen LogP contribution >= 0.6 is 0 Å². The summed E-state index contributed by atoms with van der Waals surface area (Å²) in [5.41, 5.74) is 1.30. The smallest absolute Gasteiger partial charge is 0.240 e. The lowest BCUT2D eigenvalue weighted by atomic mass is 10.1. The lowest BCUT2D eigenvalue weighted by Crippen LogP contribution is -2.32. The minimum absolute atomic E-state index is 0.0188. The maximum atomic E-state index is 12.4. The summed E-state index contributed by atoms with van der Waals surface area (Å²) in [6.45, 7) is 2.39. The molecule has 2 aliphatic heterocycles. The predicted octanol–water partition coefficient (Wildman–Crippen LogP) is 1.95. The average Bonchev–Trinajstić information content (AvgIpc) is 3.15. The zero-order valence-corrected chi connectivity index (χ0v) is 12.5. The van der Waals surface area contributed by atoms with Crippen LogP contribution in [0.4, 0.5) is 0 Å². The molecule has 2 saturated heterocycles. The van der Waals surface area contributed by atoms with E-state index in [0.29, 0.717) is 12.8 Å². The maximum Gasteiger partial charge on any atom is 0.240 e. The van der Waals surface area contributed by atoms with Crippen LogP contribution in [0.15, 0.2) is 30.3 Å². The number of ether oxygens (including phenoxy) is 1. The molecule has 0 aliphatic carbocycles. The lowest BCUT2D eigenvalue weighted by molar-refractivity contribution is -0.129. The van der Waals surface area contributed by atoms with E-state index in [9.17, 15) is 4.79 Å². The van der Waals surface area contributed by atoms with Crippen LogP contribution in [0.3, 0.4) is 0 Å². The Morgan fingerprint density at radius 3 is 2.86 bits per heavy atom. The number of nitrogens with zero attached hydrogens (tertiary/aromatic N) is 1. The molecule has 1 aromatic rings. The van der Waals surface area contributed by atoms with Gasteiger partial charge in [0.15, 0.2) is 0 Å². The van der Waals surface area contributed by atoms with Gasteiger partial charge in [-0.15, -0.1) is 0 Å². The van der Waals surface area contributed by atoms with Crippen LogP contribution in [0.2, 0.25) is 0 Å². The van der Waals surface area contributed by atoms with Crippen LogP contribution in [-0.2, 0) is 16.0 Å². The number of benzene rings is 1. The molecule has 4 heteroatoms. The van der Waals surface area contributed by atoms with Crippen molar-refractivity contribution in [1.29, 1.82) is 0 Å². The fourth-order valence-electron chi connectivity index (χ4n) is 3.15. The predicted molar refractivity (Wildman–Crippen MR) is 81.9 cm³/mol. The molecule has 1 N–H and O–H groups in total. The molecule has 114 valence electrons. The molecule has 3 rings (SSSR count). The SMILES string of the molecule is O=C1C(CCc2ccccc2)NCN1CCC1CCCO1. The number of amides is 1. The van der Waals surface area contributed by atoms with Crippen molar-refractivity contribution < 1.29 is 9.53 Å². The average molecular weight is 288 g/mol. The van der Waals surface area contributed by atoms with Crippen molar-refractivity contribution in [1.82, 2.24) is 10.2 Å². The maximum absolute atomic E-state index is 12.4. The first-order valence-electron chi connectivity index (χ1n) is 8.00. The number of nitrogens with one attached hydrogen (secondary N) is 1. The van der Waals surface area contributed by atoms with E-state index in [1.165, 1.54) is 5.56 Å². The fraction of sp³-hybridized carbons (Fsp3) is 0.588. The highest BCUT2D eigenvalue weighted by atomic mass is 16.5. The Morgan fingerprint density at radius 2 is 2.10 bits per heavy atom. The Kier molecular flexibility index (Phi) is 4.88. The molecule has 0 spiro atoms. The Labute approximate surface area is 126 Å². The van der Waals surface area contributed by atoms with E-state index in [4.69, 9.17) is 4.74 Å². The van der Waals surface area contributed by atoms with Gasteiger partial charge in [0.05, 0.1) is 18.8 Å². The molecule has 21 heavy (non-hydrogen) atoms. The molecular formula is C17H24N2O2. The van der Waals surface area contributed by atoms with E-state index in [1.807, 2.05) is 23.1 Å². The van der Waals surface area contributed by atoms with Crippen LogP contribution in [0.1, 0.15) is 31.2 Å². The third-order valence-corrected chi connectivity index (χ3v) is 4.45. The van der Waals surface area contributed by atoms with Gasteiger partial charge in [-0.25, -0.2) is 0 Å².